The lowest BCUT2D eigenvalue weighted by molar-refractivity contribution is -0.384. The first-order valence-corrected chi connectivity index (χ1v) is 5.86. The summed E-state index contributed by atoms with van der Waals surface area (Å²) in [6.07, 6.45) is 0. The number of halogens is 3. The lowest BCUT2D eigenvalue weighted by Crippen LogP contribution is -2.00. The van der Waals surface area contributed by atoms with Gasteiger partial charge < -0.3 is 4.74 Å². The molecule has 0 bridgehead atoms. The molecule has 7 heteroatoms. The fraction of sp³-hybridized carbons (Fsp3) is 0.0769. The maximum Gasteiger partial charge on any atom is 0.288 e. The van der Waals surface area contributed by atoms with Crippen LogP contribution in [0.1, 0.15) is 5.56 Å². The molecule has 20 heavy (non-hydrogen) atoms. The quantitative estimate of drug-likeness (QED) is 0.630. The molecule has 0 radical (unpaired) electrons. The fourth-order valence-corrected chi connectivity index (χ4v) is 1.73. The summed E-state index contributed by atoms with van der Waals surface area (Å²) in [4.78, 5) is 10.1. The van der Waals surface area contributed by atoms with E-state index in [0.717, 1.165) is 6.07 Å². The number of hydrogen-bond acceptors (Lipinski definition) is 3. The molecule has 0 unspecified atom stereocenters. The molecule has 0 heterocycles. The molecule has 0 aromatic heterocycles. The largest absolute Gasteiger partial charge is 0.486 e. The molecule has 0 saturated carbocycles. The topological polar surface area (TPSA) is 52.4 Å². The predicted molar refractivity (Wildman–Crippen MR) is 68.8 cm³/mol. The Balaban J connectivity index is 2.17. The van der Waals surface area contributed by atoms with E-state index in [1.807, 2.05) is 0 Å². The van der Waals surface area contributed by atoms with Crippen LogP contribution in [0.15, 0.2) is 36.4 Å². The van der Waals surface area contributed by atoms with Gasteiger partial charge in [0.15, 0.2) is 11.6 Å². The van der Waals surface area contributed by atoms with E-state index in [4.69, 9.17) is 16.3 Å². The summed E-state index contributed by atoms with van der Waals surface area (Å²) in [7, 11) is 0. The van der Waals surface area contributed by atoms with Gasteiger partial charge in [-0.05, 0) is 23.8 Å². The van der Waals surface area contributed by atoms with Gasteiger partial charge in [-0.25, -0.2) is 4.39 Å². The highest BCUT2D eigenvalue weighted by Crippen LogP contribution is 2.26. The summed E-state index contributed by atoms with van der Waals surface area (Å²) >= 11 is 5.66. The van der Waals surface area contributed by atoms with E-state index in [1.165, 1.54) is 30.3 Å². The summed E-state index contributed by atoms with van der Waals surface area (Å²) in [6, 6.07) is 7.61. The van der Waals surface area contributed by atoms with Gasteiger partial charge in [-0.15, -0.1) is 0 Å². The first kappa shape index (κ1) is 14.2. The van der Waals surface area contributed by atoms with Crippen LogP contribution in [0.2, 0.25) is 5.02 Å². The van der Waals surface area contributed by atoms with E-state index in [2.05, 4.69) is 0 Å². The molecule has 104 valence electrons. The van der Waals surface area contributed by atoms with Gasteiger partial charge in [0.1, 0.15) is 11.6 Å². The minimum atomic E-state index is -1.10. The predicted octanol–water partition coefficient (Wildman–Crippen LogP) is 4.11. The average Bonchev–Trinajstić information content (AvgIpc) is 2.41. The van der Waals surface area contributed by atoms with Crippen LogP contribution in [0, 0.1) is 21.7 Å². The second-order valence-corrected chi connectivity index (χ2v) is 4.29. The van der Waals surface area contributed by atoms with Gasteiger partial charge in [0.2, 0.25) is 5.82 Å². The molecule has 2 aromatic carbocycles. The standard InChI is InChI=1S/C13H8ClF2NO3/c14-9-5-4-8(6-11(9)17(18)19)7-20-12-3-1-2-10(15)13(12)16/h1-6H,7H2. The van der Waals surface area contributed by atoms with Crippen LogP contribution in [-0.4, -0.2) is 4.92 Å². The van der Waals surface area contributed by atoms with E-state index < -0.39 is 16.6 Å². The third-order valence-electron chi connectivity index (χ3n) is 2.52. The highest BCUT2D eigenvalue weighted by molar-refractivity contribution is 6.32. The van der Waals surface area contributed by atoms with Gasteiger partial charge in [0.25, 0.3) is 5.69 Å². The molecular weight excluding hydrogens is 292 g/mol. The van der Waals surface area contributed by atoms with Crippen LogP contribution in [-0.2, 0) is 6.61 Å². The number of ether oxygens (including phenoxy) is 1. The number of rotatable bonds is 4. The van der Waals surface area contributed by atoms with Crippen molar-refractivity contribution < 1.29 is 18.4 Å². The molecule has 0 amide bonds. The molecule has 0 atom stereocenters. The Kier molecular flexibility index (Phi) is 4.14. The summed E-state index contributed by atoms with van der Waals surface area (Å²) in [6.45, 7) is -0.140. The fourth-order valence-electron chi connectivity index (χ4n) is 1.54. The molecule has 2 rings (SSSR count). The molecule has 0 saturated heterocycles. The monoisotopic (exact) mass is 299 g/mol. The van der Waals surface area contributed by atoms with Crippen LogP contribution < -0.4 is 4.74 Å². The minimum Gasteiger partial charge on any atom is -0.486 e. The van der Waals surface area contributed by atoms with E-state index >= 15 is 0 Å². The number of benzene rings is 2. The van der Waals surface area contributed by atoms with Gasteiger partial charge in [0.05, 0.1) is 4.92 Å². The Morgan fingerprint density at radius 1 is 1.25 bits per heavy atom. The second kappa shape index (κ2) is 5.83. The molecular formula is C13H8ClF2NO3. The Morgan fingerprint density at radius 2 is 2.00 bits per heavy atom. The van der Waals surface area contributed by atoms with Gasteiger partial charge in [-0.1, -0.05) is 23.7 Å². The van der Waals surface area contributed by atoms with Gasteiger partial charge in [0, 0.05) is 6.07 Å². The lowest BCUT2D eigenvalue weighted by atomic mass is 10.2. The van der Waals surface area contributed by atoms with Crippen molar-refractivity contribution in [3.05, 3.63) is 68.7 Å². The van der Waals surface area contributed by atoms with E-state index in [0.29, 0.717) is 5.56 Å². The van der Waals surface area contributed by atoms with Crippen molar-refractivity contribution >= 4 is 17.3 Å². The minimum absolute atomic E-state index is 0.00399. The van der Waals surface area contributed by atoms with Crippen molar-refractivity contribution in [1.82, 2.24) is 0 Å². The zero-order valence-corrected chi connectivity index (χ0v) is 10.7. The maximum absolute atomic E-state index is 13.3. The Labute approximate surface area is 117 Å². The van der Waals surface area contributed by atoms with Crippen LogP contribution in [0.5, 0.6) is 5.75 Å². The summed E-state index contributed by atoms with van der Waals surface area (Å²) in [5.74, 6) is -2.39. The Bertz CT molecular complexity index is 664. The van der Waals surface area contributed by atoms with Crippen molar-refractivity contribution in [3.63, 3.8) is 0 Å². The lowest BCUT2D eigenvalue weighted by Gasteiger charge is -2.07. The van der Waals surface area contributed by atoms with Crippen molar-refractivity contribution in [1.29, 1.82) is 0 Å². The number of nitrogens with zero attached hydrogens (tertiary/aromatic N) is 1. The smallest absolute Gasteiger partial charge is 0.288 e. The Morgan fingerprint density at radius 3 is 2.70 bits per heavy atom. The first-order valence-electron chi connectivity index (χ1n) is 5.48. The summed E-state index contributed by atoms with van der Waals surface area (Å²) < 4.78 is 31.4. The van der Waals surface area contributed by atoms with Crippen LogP contribution >= 0.6 is 11.6 Å². The van der Waals surface area contributed by atoms with Crippen molar-refractivity contribution in [2.45, 2.75) is 6.61 Å². The molecule has 0 spiro atoms. The van der Waals surface area contributed by atoms with Gasteiger partial charge in [-0.2, -0.15) is 4.39 Å². The molecule has 0 aliphatic heterocycles. The molecule has 0 aliphatic rings. The summed E-state index contributed by atoms with van der Waals surface area (Å²) in [5.41, 5.74) is 0.150. The highest BCUT2D eigenvalue weighted by Gasteiger charge is 2.14. The summed E-state index contributed by atoms with van der Waals surface area (Å²) in [5, 5.41) is 10.7. The molecule has 2 aromatic rings. The van der Waals surface area contributed by atoms with Gasteiger partial charge >= 0.3 is 0 Å². The normalized spacial score (nSPS) is 10.3. The molecule has 0 aliphatic carbocycles. The Hall–Kier alpha value is -2.21. The van der Waals surface area contributed by atoms with Crippen molar-refractivity contribution in [3.8, 4) is 5.75 Å². The third kappa shape index (κ3) is 3.03. The number of nitro groups is 1. The molecule has 4 nitrogen and oxygen atoms in total. The zero-order valence-electron chi connectivity index (χ0n) is 9.98. The van der Waals surface area contributed by atoms with Gasteiger partial charge in [-0.3, -0.25) is 10.1 Å². The zero-order chi connectivity index (χ0) is 14.7. The van der Waals surface area contributed by atoms with E-state index in [1.54, 1.807) is 0 Å². The van der Waals surface area contributed by atoms with Crippen LogP contribution in [0.4, 0.5) is 14.5 Å². The maximum atomic E-state index is 13.3. The molecule has 0 N–H and O–H groups in total. The van der Waals surface area contributed by atoms with Crippen molar-refractivity contribution in [2.75, 3.05) is 0 Å². The SMILES string of the molecule is O=[N+]([O-])c1cc(COc2cccc(F)c2F)ccc1Cl. The van der Waals surface area contributed by atoms with E-state index in [-0.39, 0.29) is 23.1 Å². The third-order valence-corrected chi connectivity index (χ3v) is 2.84. The van der Waals surface area contributed by atoms with E-state index in [9.17, 15) is 18.9 Å². The van der Waals surface area contributed by atoms with Crippen LogP contribution in [0.25, 0.3) is 0 Å². The average molecular weight is 300 g/mol. The molecule has 0 fully saturated rings. The second-order valence-electron chi connectivity index (χ2n) is 3.88. The number of hydrogen-bond donors (Lipinski definition) is 0. The van der Waals surface area contributed by atoms with Crippen LogP contribution in [0.3, 0.4) is 0 Å². The first-order chi connectivity index (χ1) is 9.49. The van der Waals surface area contributed by atoms with Crippen molar-refractivity contribution in [2.24, 2.45) is 0 Å². The highest BCUT2D eigenvalue weighted by atomic mass is 35.5. The number of nitro benzene ring substituents is 1.